The van der Waals surface area contributed by atoms with Gasteiger partial charge in [0, 0.05) is 23.2 Å². The molecule has 1 atom stereocenters. The Kier molecular flexibility index (Phi) is 7.88. The van der Waals surface area contributed by atoms with E-state index in [0.717, 1.165) is 30.2 Å². The van der Waals surface area contributed by atoms with E-state index in [9.17, 15) is 18.0 Å². The van der Waals surface area contributed by atoms with E-state index < -0.39 is 11.9 Å². The van der Waals surface area contributed by atoms with Crippen molar-refractivity contribution in [2.75, 3.05) is 13.7 Å². The minimum absolute atomic E-state index is 0.0324. The van der Waals surface area contributed by atoms with Crippen LogP contribution in [0.2, 0.25) is 5.02 Å². The lowest BCUT2D eigenvalue weighted by Gasteiger charge is -2.26. The summed E-state index contributed by atoms with van der Waals surface area (Å²) in [7, 11) is 1.60. The molecule has 0 bridgehead atoms. The highest BCUT2D eigenvalue weighted by Crippen LogP contribution is 2.37. The Morgan fingerprint density at radius 1 is 1.05 bits per heavy atom. The zero-order chi connectivity index (χ0) is 26.6. The second-order valence-electron chi connectivity index (χ2n) is 8.52. The molecule has 0 spiro atoms. The summed E-state index contributed by atoms with van der Waals surface area (Å²) in [5.74, 6) is 0.548. The van der Waals surface area contributed by atoms with Crippen LogP contribution in [0.4, 0.5) is 18.9 Å². The van der Waals surface area contributed by atoms with Crippen LogP contribution in [0.1, 0.15) is 40.4 Å². The largest absolute Gasteiger partial charge is 0.496 e. The number of allylic oxidation sites excluding steroid dienone is 2. The van der Waals surface area contributed by atoms with Gasteiger partial charge in [0.05, 0.1) is 29.6 Å². The van der Waals surface area contributed by atoms with E-state index >= 15 is 0 Å². The molecule has 2 N–H and O–H groups in total. The number of methoxy groups -OCH3 is 1. The van der Waals surface area contributed by atoms with E-state index in [4.69, 9.17) is 22.1 Å². The van der Waals surface area contributed by atoms with Crippen LogP contribution in [0.3, 0.4) is 0 Å². The molecular weight excluding hydrogens is 503 g/mol. The summed E-state index contributed by atoms with van der Waals surface area (Å²) >= 11 is 6.17. The SMILES string of the molecule is COc1ccccc1C1CCCN1C(=O)c1ccc(C(C=C(N)C(F)(F)F)=Nc2ccccc2Cl)cc1. The van der Waals surface area contributed by atoms with E-state index in [2.05, 4.69) is 4.99 Å². The highest BCUT2D eigenvalue weighted by molar-refractivity contribution is 6.33. The van der Waals surface area contributed by atoms with Crippen molar-refractivity contribution in [3.05, 3.63) is 106 Å². The topological polar surface area (TPSA) is 67.9 Å². The average molecular weight is 528 g/mol. The van der Waals surface area contributed by atoms with Crippen LogP contribution in [-0.2, 0) is 0 Å². The third-order valence-corrected chi connectivity index (χ3v) is 6.47. The minimum Gasteiger partial charge on any atom is -0.496 e. The number of halogens is 4. The maximum atomic E-state index is 13.4. The van der Waals surface area contributed by atoms with Crippen molar-refractivity contribution in [1.29, 1.82) is 0 Å². The number of likely N-dealkylation sites (tertiary alicyclic amines) is 1. The smallest absolute Gasteiger partial charge is 0.430 e. The quantitative estimate of drug-likeness (QED) is 0.356. The molecule has 1 fully saturated rings. The second-order valence-corrected chi connectivity index (χ2v) is 8.93. The summed E-state index contributed by atoms with van der Waals surface area (Å²) < 4.78 is 45.0. The zero-order valence-corrected chi connectivity index (χ0v) is 20.8. The van der Waals surface area contributed by atoms with Gasteiger partial charge >= 0.3 is 6.18 Å². The molecule has 37 heavy (non-hydrogen) atoms. The van der Waals surface area contributed by atoms with Gasteiger partial charge < -0.3 is 15.4 Å². The number of hydrogen-bond acceptors (Lipinski definition) is 4. The maximum absolute atomic E-state index is 13.4. The Morgan fingerprint density at radius 2 is 1.70 bits per heavy atom. The minimum atomic E-state index is -4.72. The van der Waals surface area contributed by atoms with Gasteiger partial charge in [0.15, 0.2) is 0 Å². The van der Waals surface area contributed by atoms with Gasteiger partial charge in [0.1, 0.15) is 11.4 Å². The normalized spacial score (nSPS) is 16.7. The third kappa shape index (κ3) is 5.97. The molecule has 1 heterocycles. The fourth-order valence-electron chi connectivity index (χ4n) is 4.31. The predicted molar refractivity (Wildman–Crippen MR) is 138 cm³/mol. The summed E-state index contributed by atoms with van der Waals surface area (Å²) in [5.41, 5.74) is 5.96. The molecule has 1 amide bonds. The monoisotopic (exact) mass is 527 g/mol. The first-order valence-electron chi connectivity index (χ1n) is 11.6. The fraction of sp³-hybridized carbons (Fsp3) is 0.214. The molecule has 0 radical (unpaired) electrons. The molecular formula is C28H25ClF3N3O2. The second kappa shape index (κ2) is 11.1. The van der Waals surface area contributed by atoms with Crippen molar-refractivity contribution in [3.8, 4) is 5.75 Å². The first kappa shape index (κ1) is 26.3. The molecule has 3 aromatic carbocycles. The van der Waals surface area contributed by atoms with Crippen molar-refractivity contribution in [1.82, 2.24) is 4.90 Å². The highest BCUT2D eigenvalue weighted by atomic mass is 35.5. The van der Waals surface area contributed by atoms with Crippen molar-refractivity contribution in [3.63, 3.8) is 0 Å². The molecule has 1 unspecified atom stereocenters. The van der Waals surface area contributed by atoms with Gasteiger partial charge in [-0.25, -0.2) is 4.99 Å². The van der Waals surface area contributed by atoms with Crippen molar-refractivity contribution in [2.45, 2.75) is 25.1 Å². The van der Waals surface area contributed by atoms with Crippen LogP contribution in [0.25, 0.3) is 0 Å². The number of rotatable bonds is 6. The van der Waals surface area contributed by atoms with Crippen LogP contribution in [0.5, 0.6) is 5.75 Å². The van der Waals surface area contributed by atoms with Crippen LogP contribution in [-0.4, -0.2) is 36.3 Å². The van der Waals surface area contributed by atoms with Gasteiger partial charge in [-0.05, 0) is 49.2 Å². The number of amides is 1. The summed E-state index contributed by atoms with van der Waals surface area (Å²) in [6.45, 7) is 0.591. The van der Waals surface area contributed by atoms with Gasteiger partial charge in [0.2, 0.25) is 0 Å². The van der Waals surface area contributed by atoms with Gasteiger partial charge in [-0.1, -0.05) is 54.1 Å². The van der Waals surface area contributed by atoms with Gasteiger partial charge in [-0.15, -0.1) is 0 Å². The maximum Gasteiger partial charge on any atom is 0.430 e. The fourth-order valence-corrected chi connectivity index (χ4v) is 4.48. The van der Waals surface area contributed by atoms with E-state index in [1.807, 2.05) is 24.3 Å². The number of nitrogens with two attached hydrogens (primary N) is 1. The summed E-state index contributed by atoms with van der Waals surface area (Å²) in [4.78, 5) is 19.5. The zero-order valence-electron chi connectivity index (χ0n) is 20.0. The van der Waals surface area contributed by atoms with Gasteiger partial charge in [0.25, 0.3) is 5.91 Å². The van der Waals surface area contributed by atoms with E-state index in [0.29, 0.717) is 23.4 Å². The van der Waals surface area contributed by atoms with Crippen LogP contribution in [0, 0.1) is 0 Å². The van der Waals surface area contributed by atoms with Crippen LogP contribution in [0.15, 0.2) is 89.6 Å². The van der Waals surface area contributed by atoms with Crippen molar-refractivity contribution in [2.24, 2.45) is 10.7 Å². The Labute approximate surface area is 218 Å². The molecule has 0 aromatic heterocycles. The Morgan fingerprint density at radius 3 is 2.38 bits per heavy atom. The number of nitrogens with zero attached hydrogens (tertiary/aromatic N) is 2. The number of carbonyl (C=O) groups is 1. The Balaban J connectivity index is 1.65. The molecule has 0 aliphatic carbocycles. The molecule has 5 nitrogen and oxygen atoms in total. The van der Waals surface area contributed by atoms with Crippen LogP contribution >= 0.6 is 11.6 Å². The third-order valence-electron chi connectivity index (χ3n) is 6.15. The number of aliphatic imine (C=N–C) groups is 1. The first-order valence-corrected chi connectivity index (χ1v) is 12.0. The lowest BCUT2D eigenvalue weighted by Crippen LogP contribution is -2.30. The molecule has 1 aliphatic heterocycles. The number of ether oxygens (including phenoxy) is 1. The van der Waals surface area contributed by atoms with Gasteiger partial charge in [-0.3, -0.25) is 4.79 Å². The summed E-state index contributed by atoms with van der Waals surface area (Å²) in [6, 6.07) is 20.3. The van der Waals surface area contributed by atoms with E-state index in [-0.39, 0.29) is 22.7 Å². The highest BCUT2D eigenvalue weighted by Gasteiger charge is 2.33. The molecule has 4 rings (SSSR count). The number of carbonyl (C=O) groups excluding carboxylic acids is 1. The van der Waals surface area contributed by atoms with Crippen molar-refractivity contribution < 1.29 is 22.7 Å². The Hall–Kier alpha value is -3.78. The van der Waals surface area contributed by atoms with E-state index in [1.165, 1.54) is 0 Å². The standard InChI is InChI=1S/C28H25ClF3N3O2/c1-37-25-11-5-2-7-20(25)24-10-6-16-35(24)27(36)19-14-12-18(13-15-19)23(17-26(33)28(30,31)32)34-22-9-4-3-8-21(22)29/h2-5,7-9,11-15,17,24H,6,10,16,33H2,1H3. The lowest BCUT2D eigenvalue weighted by molar-refractivity contribution is -0.0925. The molecule has 9 heteroatoms. The molecule has 192 valence electrons. The number of alkyl halides is 3. The molecule has 0 saturated carbocycles. The Bertz CT molecular complexity index is 1340. The number of para-hydroxylation sites is 2. The molecule has 3 aromatic rings. The lowest BCUT2D eigenvalue weighted by atomic mass is 10.0. The first-order chi connectivity index (χ1) is 17.7. The average Bonchev–Trinajstić information content (AvgIpc) is 3.38. The molecule has 1 aliphatic rings. The van der Waals surface area contributed by atoms with E-state index in [1.54, 1.807) is 60.5 Å². The van der Waals surface area contributed by atoms with Crippen LogP contribution < -0.4 is 10.5 Å². The van der Waals surface area contributed by atoms with Crippen molar-refractivity contribution >= 4 is 28.9 Å². The summed E-state index contributed by atoms with van der Waals surface area (Å²) in [5, 5.41) is 0.280. The summed E-state index contributed by atoms with van der Waals surface area (Å²) in [6.07, 6.45) is -2.30. The molecule has 1 saturated heterocycles. The van der Waals surface area contributed by atoms with Gasteiger partial charge in [-0.2, -0.15) is 13.2 Å². The predicted octanol–water partition coefficient (Wildman–Crippen LogP) is 6.85. The number of benzene rings is 3. The number of hydrogen-bond donors (Lipinski definition) is 1.